The number of carbonyl (C=O) groups is 1. The van der Waals surface area contributed by atoms with E-state index in [0.29, 0.717) is 23.1 Å². The summed E-state index contributed by atoms with van der Waals surface area (Å²) in [4.78, 5) is 24.3. The molecular formula is C17H14ClN5O. The minimum atomic E-state index is -0.232. The molecule has 0 unspecified atom stereocenters. The van der Waals surface area contributed by atoms with Crippen LogP contribution in [0.2, 0.25) is 5.02 Å². The number of pyridine rings is 1. The van der Waals surface area contributed by atoms with Crippen LogP contribution in [0.5, 0.6) is 0 Å². The molecule has 6 nitrogen and oxygen atoms in total. The molecule has 120 valence electrons. The van der Waals surface area contributed by atoms with Crippen LogP contribution in [-0.4, -0.2) is 20.9 Å². The molecule has 1 amide bonds. The van der Waals surface area contributed by atoms with Crippen molar-refractivity contribution in [2.75, 3.05) is 5.32 Å². The van der Waals surface area contributed by atoms with Crippen LogP contribution in [-0.2, 0) is 6.54 Å². The number of nitrogens with one attached hydrogen (secondary N) is 2. The standard InChI is InChI=1S/C17H14ClN5O/c18-14-1-3-15(4-2-14)23-17-21-10-13(11-22-17)16(24)20-9-12-5-7-19-8-6-12/h1-8,10-11H,9H2,(H,20,24)(H,21,22,23). The summed E-state index contributed by atoms with van der Waals surface area (Å²) >= 11 is 5.84. The van der Waals surface area contributed by atoms with Gasteiger partial charge in [-0.15, -0.1) is 0 Å². The van der Waals surface area contributed by atoms with Gasteiger partial charge in [-0.3, -0.25) is 9.78 Å². The van der Waals surface area contributed by atoms with Crippen molar-refractivity contribution in [3.8, 4) is 0 Å². The Morgan fingerprint density at radius 3 is 2.33 bits per heavy atom. The number of anilines is 2. The van der Waals surface area contributed by atoms with E-state index in [0.717, 1.165) is 11.3 Å². The summed E-state index contributed by atoms with van der Waals surface area (Å²) in [6.45, 7) is 0.423. The van der Waals surface area contributed by atoms with Gasteiger partial charge in [0.05, 0.1) is 5.56 Å². The van der Waals surface area contributed by atoms with Crippen LogP contribution in [0.15, 0.2) is 61.2 Å². The van der Waals surface area contributed by atoms with E-state index in [9.17, 15) is 4.79 Å². The lowest BCUT2D eigenvalue weighted by Crippen LogP contribution is -2.23. The zero-order valence-electron chi connectivity index (χ0n) is 12.6. The Hall–Kier alpha value is -2.99. The third-order valence-electron chi connectivity index (χ3n) is 3.22. The van der Waals surface area contributed by atoms with Gasteiger partial charge in [0.25, 0.3) is 5.91 Å². The summed E-state index contributed by atoms with van der Waals surface area (Å²) in [5, 5.41) is 6.50. The topological polar surface area (TPSA) is 79.8 Å². The normalized spacial score (nSPS) is 10.2. The van der Waals surface area contributed by atoms with Crippen molar-refractivity contribution in [1.82, 2.24) is 20.3 Å². The Kier molecular flexibility index (Phi) is 4.98. The Labute approximate surface area is 143 Å². The number of rotatable bonds is 5. The van der Waals surface area contributed by atoms with Crippen molar-refractivity contribution in [1.29, 1.82) is 0 Å². The summed E-state index contributed by atoms with van der Waals surface area (Å²) in [6, 6.07) is 10.9. The number of benzene rings is 1. The number of carbonyl (C=O) groups excluding carboxylic acids is 1. The molecular weight excluding hydrogens is 326 g/mol. The average molecular weight is 340 g/mol. The molecule has 0 fully saturated rings. The van der Waals surface area contributed by atoms with Crippen molar-refractivity contribution >= 4 is 29.1 Å². The molecule has 0 atom stereocenters. The van der Waals surface area contributed by atoms with Gasteiger partial charge < -0.3 is 10.6 Å². The van der Waals surface area contributed by atoms with Crippen LogP contribution in [0.1, 0.15) is 15.9 Å². The zero-order valence-corrected chi connectivity index (χ0v) is 13.4. The second-order valence-corrected chi connectivity index (χ2v) is 5.40. The first kappa shape index (κ1) is 15.9. The molecule has 2 aromatic heterocycles. The smallest absolute Gasteiger partial charge is 0.254 e. The van der Waals surface area contributed by atoms with Crippen molar-refractivity contribution < 1.29 is 4.79 Å². The van der Waals surface area contributed by atoms with Crippen LogP contribution in [0.4, 0.5) is 11.6 Å². The molecule has 3 rings (SSSR count). The highest BCUT2D eigenvalue weighted by molar-refractivity contribution is 6.30. The molecule has 0 aliphatic rings. The molecule has 0 saturated heterocycles. The van der Waals surface area contributed by atoms with E-state index < -0.39 is 0 Å². The quantitative estimate of drug-likeness (QED) is 0.746. The number of aromatic nitrogens is 3. The molecule has 2 heterocycles. The first-order valence-corrected chi connectivity index (χ1v) is 7.60. The van der Waals surface area contributed by atoms with Crippen LogP contribution in [0.25, 0.3) is 0 Å². The summed E-state index contributed by atoms with van der Waals surface area (Å²) < 4.78 is 0. The van der Waals surface area contributed by atoms with Gasteiger partial charge in [-0.25, -0.2) is 9.97 Å². The predicted octanol–water partition coefficient (Wildman–Crippen LogP) is 3.20. The van der Waals surface area contributed by atoms with Crippen molar-refractivity contribution in [2.45, 2.75) is 6.54 Å². The predicted molar refractivity (Wildman–Crippen MR) is 92.2 cm³/mol. The Morgan fingerprint density at radius 1 is 1.00 bits per heavy atom. The van der Waals surface area contributed by atoms with Gasteiger partial charge in [-0.2, -0.15) is 0 Å². The lowest BCUT2D eigenvalue weighted by Gasteiger charge is -2.07. The molecule has 1 aromatic carbocycles. The zero-order chi connectivity index (χ0) is 16.8. The highest BCUT2D eigenvalue weighted by Crippen LogP contribution is 2.16. The molecule has 7 heteroatoms. The molecule has 0 spiro atoms. The van der Waals surface area contributed by atoms with E-state index in [4.69, 9.17) is 11.6 Å². The fourth-order valence-corrected chi connectivity index (χ4v) is 2.08. The number of halogens is 1. The molecule has 0 radical (unpaired) electrons. The Balaban J connectivity index is 1.59. The highest BCUT2D eigenvalue weighted by Gasteiger charge is 2.07. The van der Waals surface area contributed by atoms with Gasteiger partial charge >= 0.3 is 0 Å². The van der Waals surface area contributed by atoms with Crippen molar-refractivity contribution in [2.24, 2.45) is 0 Å². The van der Waals surface area contributed by atoms with E-state index in [1.165, 1.54) is 12.4 Å². The number of hydrogen-bond donors (Lipinski definition) is 2. The van der Waals surface area contributed by atoms with Gasteiger partial charge in [0.1, 0.15) is 0 Å². The molecule has 0 aliphatic carbocycles. The van der Waals surface area contributed by atoms with Crippen LogP contribution >= 0.6 is 11.6 Å². The van der Waals surface area contributed by atoms with Gasteiger partial charge in [0.2, 0.25) is 5.95 Å². The highest BCUT2D eigenvalue weighted by atomic mass is 35.5. The Bertz CT molecular complexity index is 807. The summed E-state index contributed by atoms with van der Waals surface area (Å²) in [7, 11) is 0. The van der Waals surface area contributed by atoms with Gasteiger partial charge in [0.15, 0.2) is 0 Å². The average Bonchev–Trinajstić information content (AvgIpc) is 2.63. The maximum Gasteiger partial charge on any atom is 0.254 e. The van der Waals surface area contributed by atoms with Gasteiger partial charge in [-0.1, -0.05) is 11.6 Å². The summed E-state index contributed by atoms with van der Waals surface area (Å²) in [5.74, 6) is 0.174. The fourth-order valence-electron chi connectivity index (χ4n) is 1.96. The molecule has 0 saturated carbocycles. The third kappa shape index (κ3) is 4.27. The van der Waals surface area contributed by atoms with E-state index in [-0.39, 0.29) is 5.91 Å². The minimum absolute atomic E-state index is 0.232. The minimum Gasteiger partial charge on any atom is -0.348 e. The fraction of sp³-hybridized carbons (Fsp3) is 0.0588. The number of nitrogens with zero attached hydrogens (tertiary/aromatic N) is 3. The summed E-state index contributed by atoms with van der Waals surface area (Å²) in [6.07, 6.45) is 6.32. The van der Waals surface area contributed by atoms with Crippen LogP contribution in [0, 0.1) is 0 Å². The van der Waals surface area contributed by atoms with Crippen molar-refractivity contribution in [3.05, 3.63) is 77.3 Å². The molecule has 0 bridgehead atoms. The molecule has 3 aromatic rings. The second kappa shape index (κ2) is 7.52. The maximum atomic E-state index is 12.1. The lowest BCUT2D eigenvalue weighted by molar-refractivity contribution is 0.0950. The van der Waals surface area contributed by atoms with Crippen LogP contribution in [0.3, 0.4) is 0 Å². The van der Waals surface area contributed by atoms with E-state index in [2.05, 4.69) is 25.6 Å². The monoisotopic (exact) mass is 339 g/mol. The second-order valence-electron chi connectivity index (χ2n) is 4.97. The van der Waals surface area contributed by atoms with Gasteiger partial charge in [0, 0.05) is 42.0 Å². The van der Waals surface area contributed by atoms with Crippen molar-refractivity contribution in [3.63, 3.8) is 0 Å². The maximum absolute atomic E-state index is 12.1. The first-order chi connectivity index (χ1) is 11.7. The molecule has 0 aliphatic heterocycles. The first-order valence-electron chi connectivity index (χ1n) is 7.22. The number of amides is 1. The van der Waals surface area contributed by atoms with Crippen LogP contribution < -0.4 is 10.6 Å². The SMILES string of the molecule is O=C(NCc1ccncc1)c1cnc(Nc2ccc(Cl)cc2)nc1. The largest absolute Gasteiger partial charge is 0.348 e. The third-order valence-corrected chi connectivity index (χ3v) is 3.47. The molecule has 2 N–H and O–H groups in total. The lowest BCUT2D eigenvalue weighted by atomic mass is 10.2. The molecule has 24 heavy (non-hydrogen) atoms. The summed E-state index contributed by atoms with van der Waals surface area (Å²) in [5.41, 5.74) is 2.18. The Morgan fingerprint density at radius 2 is 1.67 bits per heavy atom. The van der Waals surface area contributed by atoms with Gasteiger partial charge in [-0.05, 0) is 42.0 Å². The van der Waals surface area contributed by atoms with E-state index >= 15 is 0 Å². The number of hydrogen-bond acceptors (Lipinski definition) is 5. The van der Waals surface area contributed by atoms with E-state index in [1.807, 2.05) is 24.3 Å². The van der Waals surface area contributed by atoms with E-state index in [1.54, 1.807) is 24.5 Å².